The lowest BCUT2D eigenvalue weighted by Gasteiger charge is -2.16. The van der Waals surface area contributed by atoms with Gasteiger partial charge >= 0.3 is 6.01 Å². The summed E-state index contributed by atoms with van der Waals surface area (Å²) >= 11 is 0. The number of carbonyl (C=O) groups is 1. The Morgan fingerprint density at radius 3 is 2.52 bits per heavy atom. The number of anilines is 1. The van der Waals surface area contributed by atoms with Crippen LogP contribution >= 0.6 is 0 Å². The van der Waals surface area contributed by atoms with Crippen LogP contribution in [0.5, 0.6) is 0 Å². The highest BCUT2D eigenvalue weighted by Crippen LogP contribution is 2.24. The van der Waals surface area contributed by atoms with E-state index in [0.717, 1.165) is 11.1 Å². The molecule has 6 heteroatoms. The van der Waals surface area contributed by atoms with Gasteiger partial charge in [-0.2, -0.15) is 4.98 Å². The Hall–Kier alpha value is -3.54. The zero-order chi connectivity index (χ0) is 18.6. The molecule has 2 aromatic carbocycles. The molecule has 2 aromatic heterocycles. The maximum absolute atomic E-state index is 13.2. The Balaban J connectivity index is 1.60. The minimum atomic E-state index is -0.492. The van der Waals surface area contributed by atoms with Crippen molar-refractivity contribution in [3.05, 3.63) is 90.0 Å². The molecule has 5 nitrogen and oxygen atoms in total. The van der Waals surface area contributed by atoms with Crippen LogP contribution in [0.1, 0.15) is 17.0 Å². The molecule has 0 spiro atoms. The van der Waals surface area contributed by atoms with Crippen LogP contribution in [0.15, 0.2) is 77.5 Å². The van der Waals surface area contributed by atoms with Crippen molar-refractivity contribution in [1.29, 1.82) is 0 Å². The number of pyridine rings is 1. The van der Waals surface area contributed by atoms with Crippen molar-refractivity contribution in [2.75, 3.05) is 5.32 Å². The fraction of sp³-hybridized carbons (Fsp3) is 0.0952. The highest BCUT2D eigenvalue weighted by atomic mass is 19.1. The molecule has 1 amide bonds. The Bertz CT molecular complexity index is 1030. The van der Waals surface area contributed by atoms with Crippen LogP contribution in [-0.2, 0) is 11.2 Å². The molecule has 4 rings (SSSR count). The molecule has 4 aromatic rings. The number of benzene rings is 2. The summed E-state index contributed by atoms with van der Waals surface area (Å²) in [6, 6.07) is 17.2. The molecule has 0 fully saturated rings. The molecule has 0 saturated carbocycles. The second-order valence-corrected chi connectivity index (χ2v) is 6.14. The molecule has 0 aliphatic heterocycles. The van der Waals surface area contributed by atoms with E-state index >= 15 is 0 Å². The van der Waals surface area contributed by atoms with Gasteiger partial charge in [0, 0.05) is 12.4 Å². The van der Waals surface area contributed by atoms with Crippen molar-refractivity contribution < 1.29 is 13.6 Å². The summed E-state index contributed by atoms with van der Waals surface area (Å²) in [6.45, 7) is 0. The molecule has 27 heavy (non-hydrogen) atoms. The number of oxazole rings is 1. The second-order valence-electron chi connectivity index (χ2n) is 6.14. The number of hydrogen-bond acceptors (Lipinski definition) is 4. The minimum absolute atomic E-state index is 0.152. The third-order valence-corrected chi connectivity index (χ3v) is 4.30. The molecule has 1 atom stereocenters. The Labute approximate surface area is 154 Å². The fourth-order valence-corrected chi connectivity index (χ4v) is 2.93. The van der Waals surface area contributed by atoms with E-state index in [0.29, 0.717) is 17.5 Å². The van der Waals surface area contributed by atoms with Crippen molar-refractivity contribution in [2.24, 2.45) is 0 Å². The first-order valence-corrected chi connectivity index (χ1v) is 8.50. The molecule has 0 aliphatic carbocycles. The van der Waals surface area contributed by atoms with Crippen molar-refractivity contribution in [3.63, 3.8) is 0 Å². The lowest BCUT2D eigenvalue weighted by Crippen LogP contribution is -2.23. The van der Waals surface area contributed by atoms with Crippen LogP contribution in [0.25, 0.3) is 11.1 Å². The number of para-hydroxylation sites is 2. The summed E-state index contributed by atoms with van der Waals surface area (Å²) in [7, 11) is 0. The monoisotopic (exact) mass is 361 g/mol. The van der Waals surface area contributed by atoms with Crippen molar-refractivity contribution in [2.45, 2.75) is 12.3 Å². The summed E-state index contributed by atoms with van der Waals surface area (Å²) in [5.74, 6) is -1.05. The van der Waals surface area contributed by atoms with Crippen LogP contribution in [0.2, 0.25) is 0 Å². The topological polar surface area (TPSA) is 68.0 Å². The summed E-state index contributed by atoms with van der Waals surface area (Å²) in [6.07, 6.45) is 3.69. The fourth-order valence-electron chi connectivity index (χ4n) is 2.93. The standard InChI is InChI=1S/C21H16FN3O2/c22-16-7-5-14(6-8-16)13-17(15-9-11-23-12-10-15)20(26)25-21-24-18-3-1-2-4-19(18)27-21/h1-12,17H,13H2,(H,24,25,26). The van der Waals surface area contributed by atoms with E-state index < -0.39 is 5.92 Å². The summed E-state index contributed by atoms with van der Waals surface area (Å²) in [5, 5.41) is 2.75. The zero-order valence-electron chi connectivity index (χ0n) is 14.3. The van der Waals surface area contributed by atoms with Gasteiger partial charge in [0.2, 0.25) is 5.91 Å². The van der Waals surface area contributed by atoms with Gasteiger partial charge in [-0.1, -0.05) is 24.3 Å². The predicted octanol–water partition coefficient (Wildman–Crippen LogP) is 4.33. The number of aromatic nitrogens is 2. The highest BCUT2D eigenvalue weighted by molar-refractivity contribution is 5.95. The molecule has 0 bridgehead atoms. The number of rotatable bonds is 5. The number of nitrogens with one attached hydrogen (secondary N) is 1. The summed E-state index contributed by atoms with van der Waals surface area (Å²) < 4.78 is 18.8. The Morgan fingerprint density at radius 1 is 1.04 bits per heavy atom. The molecule has 1 unspecified atom stereocenters. The largest absolute Gasteiger partial charge is 0.423 e. The molecule has 134 valence electrons. The van der Waals surface area contributed by atoms with Crippen molar-refractivity contribution in [3.8, 4) is 0 Å². The molecule has 2 heterocycles. The van der Waals surface area contributed by atoms with Gasteiger partial charge in [0.1, 0.15) is 11.3 Å². The lowest BCUT2D eigenvalue weighted by atomic mass is 9.92. The first-order valence-electron chi connectivity index (χ1n) is 8.50. The Kier molecular flexibility index (Phi) is 4.61. The predicted molar refractivity (Wildman–Crippen MR) is 99.7 cm³/mol. The molecule has 0 saturated heterocycles. The summed E-state index contributed by atoms with van der Waals surface area (Å²) in [5.41, 5.74) is 2.94. The third kappa shape index (κ3) is 3.84. The molecule has 0 radical (unpaired) electrons. The Morgan fingerprint density at radius 2 is 1.78 bits per heavy atom. The van der Waals surface area contributed by atoms with E-state index in [2.05, 4.69) is 15.3 Å². The van der Waals surface area contributed by atoms with E-state index in [1.54, 1.807) is 42.7 Å². The lowest BCUT2D eigenvalue weighted by molar-refractivity contribution is -0.117. The van der Waals surface area contributed by atoms with Crippen LogP contribution in [0.3, 0.4) is 0 Å². The number of amides is 1. The van der Waals surface area contributed by atoms with Crippen molar-refractivity contribution in [1.82, 2.24) is 9.97 Å². The minimum Gasteiger partial charge on any atom is -0.423 e. The first kappa shape index (κ1) is 16.9. The summed E-state index contributed by atoms with van der Waals surface area (Å²) in [4.78, 5) is 21.2. The number of carbonyl (C=O) groups excluding carboxylic acids is 1. The van der Waals surface area contributed by atoms with Gasteiger partial charge < -0.3 is 4.42 Å². The number of nitrogens with zero attached hydrogens (tertiary/aromatic N) is 2. The van der Waals surface area contributed by atoms with E-state index in [4.69, 9.17) is 4.42 Å². The van der Waals surface area contributed by atoms with Gasteiger partial charge in [0.15, 0.2) is 5.58 Å². The van der Waals surface area contributed by atoms with Gasteiger partial charge in [0.25, 0.3) is 0 Å². The maximum atomic E-state index is 13.2. The molecular formula is C21H16FN3O2. The number of halogens is 1. The van der Waals surface area contributed by atoms with E-state index in [9.17, 15) is 9.18 Å². The smallest absolute Gasteiger partial charge is 0.302 e. The number of fused-ring (bicyclic) bond motifs is 1. The van der Waals surface area contributed by atoms with Gasteiger partial charge in [-0.05, 0) is 53.9 Å². The zero-order valence-corrected chi connectivity index (χ0v) is 14.3. The molecule has 0 aliphatic rings. The highest BCUT2D eigenvalue weighted by Gasteiger charge is 2.23. The number of hydrogen-bond donors (Lipinski definition) is 1. The van der Waals surface area contributed by atoms with E-state index in [-0.39, 0.29) is 17.7 Å². The third-order valence-electron chi connectivity index (χ3n) is 4.30. The average Bonchev–Trinajstić information content (AvgIpc) is 3.10. The van der Waals surface area contributed by atoms with Crippen LogP contribution in [0, 0.1) is 5.82 Å². The van der Waals surface area contributed by atoms with Gasteiger partial charge in [-0.3, -0.25) is 15.1 Å². The SMILES string of the molecule is O=C(Nc1nc2ccccc2o1)C(Cc1ccc(F)cc1)c1ccncc1. The van der Waals surface area contributed by atoms with E-state index in [1.165, 1.54) is 12.1 Å². The van der Waals surface area contributed by atoms with Gasteiger partial charge in [0.05, 0.1) is 5.92 Å². The maximum Gasteiger partial charge on any atom is 0.302 e. The van der Waals surface area contributed by atoms with Crippen molar-refractivity contribution >= 4 is 23.0 Å². The second kappa shape index (κ2) is 7.37. The molecule has 1 N–H and O–H groups in total. The van der Waals surface area contributed by atoms with Crippen LogP contribution in [-0.4, -0.2) is 15.9 Å². The van der Waals surface area contributed by atoms with Gasteiger partial charge in [-0.25, -0.2) is 4.39 Å². The van der Waals surface area contributed by atoms with Crippen LogP contribution < -0.4 is 5.32 Å². The van der Waals surface area contributed by atoms with Crippen LogP contribution in [0.4, 0.5) is 10.4 Å². The van der Waals surface area contributed by atoms with E-state index in [1.807, 2.05) is 18.2 Å². The van der Waals surface area contributed by atoms with Gasteiger partial charge in [-0.15, -0.1) is 0 Å². The normalized spacial score (nSPS) is 12.0. The molecular weight excluding hydrogens is 345 g/mol. The first-order chi connectivity index (χ1) is 13.2. The average molecular weight is 361 g/mol. The quantitative estimate of drug-likeness (QED) is 0.575.